The van der Waals surface area contributed by atoms with Gasteiger partial charge < -0.3 is 10.4 Å². The van der Waals surface area contributed by atoms with Gasteiger partial charge in [-0.15, -0.1) is 36.2 Å². The van der Waals surface area contributed by atoms with E-state index in [-0.39, 0.29) is 24.8 Å². The highest BCUT2D eigenvalue weighted by Gasteiger charge is 2.32. The molecule has 128 valence electrons. The Morgan fingerprint density at radius 3 is 2.70 bits per heavy atom. The monoisotopic (exact) mass is 375 g/mol. The summed E-state index contributed by atoms with van der Waals surface area (Å²) in [5.41, 5.74) is 1.60. The van der Waals surface area contributed by atoms with Crippen molar-refractivity contribution in [2.24, 2.45) is 0 Å². The third kappa shape index (κ3) is 5.41. The predicted octanol–water partition coefficient (Wildman–Crippen LogP) is 2.81. The first-order valence-corrected chi connectivity index (χ1v) is 8.14. The summed E-state index contributed by atoms with van der Waals surface area (Å²) in [6.07, 6.45) is 0.824. The van der Waals surface area contributed by atoms with Gasteiger partial charge in [0.05, 0.1) is 17.8 Å². The second kappa shape index (κ2) is 8.97. The molecule has 2 N–H and O–H groups in total. The molecule has 1 aromatic carbocycles. The summed E-state index contributed by atoms with van der Waals surface area (Å²) in [4.78, 5) is 6.85. The van der Waals surface area contributed by atoms with Crippen molar-refractivity contribution in [3.63, 3.8) is 0 Å². The van der Waals surface area contributed by atoms with Crippen LogP contribution in [0.15, 0.2) is 35.7 Å². The van der Waals surface area contributed by atoms with Gasteiger partial charge in [-0.25, -0.2) is 4.98 Å². The average molecular weight is 376 g/mol. The maximum Gasteiger partial charge on any atom is 0.107 e. The van der Waals surface area contributed by atoms with Crippen LogP contribution in [0, 0.1) is 0 Å². The van der Waals surface area contributed by atoms with Gasteiger partial charge in [-0.05, 0) is 20.0 Å². The molecule has 0 bridgehead atoms. The largest absolute Gasteiger partial charge is 0.387 e. The molecule has 0 aliphatic carbocycles. The number of thiazole rings is 1. The number of hydrogen-bond acceptors (Lipinski definition) is 5. The molecule has 0 radical (unpaired) electrons. The number of benzene rings is 1. The van der Waals surface area contributed by atoms with Gasteiger partial charge in [-0.2, -0.15) is 0 Å². The van der Waals surface area contributed by atoms with Crippen LogP contribution in [0.4, 0.5) is 0 Å². The van der Waals surface area contributed by atoms with E-state index in [4.69, 9.17) is 4.98 Å². The van der Waals surface area contributed by atoms with Crippen molar-refractivity contribution in [1.29, 1.82) is 0 Å². The number of aromatic nitrogens is 1. The standard InChI is InChI=1S/C16H21N3OS.2ClH/c1-19(12-16(20)7-8-17-11-16)9-15-18-14(10-21-15)13-5-3-2-4-6-13;;/h2-6,10,17,20H,7-9,11-12H2,1H3;2*1H. The number of nitrogens with zero attached hydrogens (tertiary/aromatic N) is 2. The molecule has 2 aromatic rings. The number of nitrogens with one attached hydrogen (secondary N) is 1. The van der Waals surface area contributed by atoms with Gasteiger partial charge >= 0.3 is 0 Å². The topological polar surface area (TPSA) is 48.4 Å². The molecule has 1 unspecified atom stereocenters. The van der Waals surface area contributed by atoms with Crippen molar-refractivity contribution >= 4 is 36.2 Å². The van der Waals surface area contributed by atoms with Gasteiger partial charge in [0.2, 0.25) is 0 Å². The van der Waals surface area contributed by atoms with Crippen LogP contribution >= 0.6 is 36.2 Å². The van der Waals surface area contributed by atoms with Crippen LogP contribution < -0.4 is 5.32 Å². The van der Waals surface area contributed by atoms with E-state index in [0.29, 0.717) is 13.1 Å². The molecular weight excluding hydrogens is 353 g/mol. The third-order valence-electron chi connectivity index (χ3n) is 3.81. The number of aliphatic hydroxyl groups is 1. The van der Waals surface area contributed by atoms with E-state index in [9.17, 15) is 5.11 Å². The first-order valence-electron chi connectivity index (χ1n) is 7.26. The molecule has 1 saturated heterocycles. The van der Waals surface area contributed by atoms with Crippen LogP contribution in [0.1, 0.15) is 11.4 Å². The summed E-state index contributed by atoms with van der Waals surface area (Å²) < 4.78 is 0. The lowest BCUT2D eigenvalue weighted by Crippen LogP contribution is -2.42. The van der Waals surface area contributed by atoms with E-state index in [1.54, 1.807) is 11.3 Å². The molecule has 0 saturated carbocycles. The van der Waals surface area contributed by atoms with Gasteiger partial charge in [0.15, 0.2) is 0 Å². The van der Waals surface area contributed by atoms with E-state index < -0.39 is 5.60 Å². The molecule has 3 rings (SSSR count). The number of halogens is 2. The summed E-state index contributed by atoms with van der Waals surface area (Å²) in [5.74, 6) is 0. The van der Waals surface area contributed by atoms with E-state index in [1.165, 1.54) is 0 Å². The van der Waals surface area contributed by atoms with Gasteiger partial charge in [-0.1, -0.05) is 30.3 Å². The van der Waals surface area contributed by atoms with Gasteiger partial charge in [0.1, 0.15) is 5.01 Å². The quantitative estimate of drug-likeness (QED) is 0.843. The van der Waals surface area contributed by atoms with Crippen molar-refractivity contribution in [1.82, 2.24) is 15.2 Å². The highest BCUT2D eigenvalue weighted by atomic mass is 35.5. The Bertz CT molecular complexity index is 588. The minimum absolute atomic E-state index is 0. The molecule has 1 aliphatic rings. The van der Waals surface area contributed by atoms with Crippen LogP contribution in [-0.2, 0) is 6.54 Å². The Hall–Kier alpha value is -0.690. The second-order valence-corrected chi connectivity index (χ2v) is 6.76. The molecule has 0 amide bonds. The molecule has 1 aliphatic heterocycles. The first kappa shape index (κ1) is 20.4. The van der Waals surface area contributed by atoms with Crippen molar-refractivity contribution in [3.05, 3.63) is 40.7 Å². The highest BCUT2D eigenvalue weighted by molar-refractivity contribution is 7.09. The number of β-amino-alcohol motifs (C(OH)–C–C–N with tert-alkyl or cyclic N) is 1. The van der Waals surface area contributed by atoms with E-state index in [2.05, 4.69) is 27.7 Å². The number of likely N-dealkylation sites (N-methyl/N-ethyl adjacent to an activating group) is 1. The predicted molar refractivity (Wildman–Crippen MR) is 101 cm³/mol. The fourth-order valence-corrected chi connectivity index (χ4v) is 3.66. The van der Waals surface area contributed by atoms with E-state index >= 15 is 0 Å². The molecule has 1 aromatic heterocycles. The van der Waals surface area contributed by atoms with E-state index in [1.807, 2.05) is 25.2 Å². The maximum absolute atomic E-state index is 10.4. The van der Waals surface area contributed by atoms with Gasteiger partial charge in [-0.3, -0.25) is 4.90 Å². The summed E-state index contributed by atoms with van der Waals surface area (Å²) in [6.45, 7) is 3.05. The van der Waals surface area contributed by atoms with Crippen LogP contribution in [-0.4, -0.2) is 47.3 Å². The Balaban J connectivity index is 0.00000132. The second-order valence-electron chi connectivity index (χ2n) is 5.82. The molecule has 1 fully saturated rings. The average Bonchev–Trinajstić information content (AvgIpc) is 3.09. The fourth-order valence-electron chi connectivity index (χ4n) is 2.78. The SMILES string of the molecule is CN(Cc1nc(-c2ccccc2)cs1)CC1(O)CCNC1.Cl.Cl. The van der Waals surface area contributed by atoms with Gasteiger partial charge in [0.25, 0.3) is 0 Å². The summed E-state index contributed by atoms with van der Waals surface area (Å²) in [5, 5.41) is 16.8. The normalized spacial score (nSPS) is 20.1. The molecule has 0 spiro atoms. The van der Waals surface area contributed by atoms with Crippen molar-refractivity contribution in [2.75, 3.05) is 26.7 Å². The zero-order valence-electron chi connectivity index (χ0n) is 13.1. The van der Waals surface area contributed by atoms with Crippen molar-refractivity contribution in [2.45, 2.75) is 18.6 Å². The van der Waals surface area contributed by atoms with Crippen LogP contribution in [0.3, 0.4) is 0 Å². The zero-order chi connectivity index (χ0) is 14.7. The molecule has 2 heterocycles. The number of hydrogen-bond donors (Lipinski definition) is 2. The third-order valence-corrected chi connectivity index (χ3v) is 4.65. The zero-order valence-corrected chi connectivity index (χ0v) is 15.5. The minimum Gasteiger partial charge on any atom is -0.387 e. The summed E-state index contributed by atoms with van der Waals surface area (Å²) in [7, 11) is 2.04. The summed E-state index contributed by atoms with van der Waals surface area (Å²) >= 11 is 1.68. The van der Waals surface area contributed by atoms with Crippen molar-refractivity contribution < 1.29 is 5.11 Å². The lowest BCUT2D eigenvalue weighted by Gasteiger charge is -2.27. The van der Waals surface area contributed by atoms with E-state index in [0.717, 1.165) is 35.8 Å². The van der Waals surface area contributed by atoms with Crippen LogP contribution in [0.5, 0.6) is 0 Å². The number of rotatable bonds is 5. The van der Waals surface area contributed by atoms with Gasteiger partial charge in [0, 0.05) is 24.0 Å². The summed E-state index contributed by atoms with van der Waals surface area (Å²) in [6, 6.07) is 10.2. The maximum atomic E-state index is 10.4. The molecule has 4 nitrogen and oxygen atoms in total. The Labute approximate surface area is 153 Å². The van der Waals surface area contributed by atoms with Crippen LogP contribution in [0.2, 0.25) is 0 Å². The minimum atomic E-state index is -0.589. The first-order chi connectivity index (χ1) is 10.1. The van der Waals surface area contributed by atoms with Crippen molar-refractivity contribution in [3.8, 4) is 11.3 Å². The molecule has 1 atom stereocenters. The molecule has 23 heavy (non-hydrogen) atoms. The molecular formula is C16H23Cl2N3OS. The lowest BCUT2D eigenvalue weighted by atomic mass is 10.0. The fraction of sp³-hybridized carbons (Fsp3) is 0.438. The lowest BCUT2D eigenvalue weighted by molar-refractivity contribution is 0.0264. The Morgan fingerprint density at radius 1 is 1.30 bits per heavy atom. The molecule has 7 heteroatoms. The van der Waals surface area contributed by atoms with Crippen LogP contribution in [0.25, 0.3) is 11.3 Å². The Morgan fingerprint density at radius 2 is 2.04 bits per heavy atom. The smallest absolute Gasteiger partial charge is 0.107 e. The Kier molecular flexibility index (Phi) is 7.94. The highest BCUT2D eigenvalue weighted by Crippen LogP contribution is 2.23.